The number of hydrogen-bond acceptors (Lipinski definition) is 1. The lowest BCUT2D eigenvalue weighted by Gasteiger charge is -2.27. The van der Waals surface area contributed by atoms with E-state index < -0.39 is 0 Å². The van der Waals surface area contributed by atoms with Gasteiger partial charge >= 0.3 is 0 Å². The molecule has 0 heterocycles. The van der Waals surface area contributed by atoms with Gasteiger partial charge in [0.05, 0.1) is 0 Å². The summed E-state index contributed by atoms with van der Waals surface area (Å²) < 4.78 is 0. The summed E-state index contributed by atoms with van der Waals surface area (Å²) in [6.07, 6.45) is 2.18. The minimum absolute atomic E-state index is 0.161. The van der Waals surface area contributed by atoms with Gasteiger partial charge in [-0.1, -0.05) is 73.1 Å². The molecule has 0 amide bonds. The van der Waals surface area contributed by atoms with Crippen molar-refractivity contribution >= 4 is 0 Å². The SMILES string of the molecule is CCCC(N)c1cc(C(C)(C)C)cc(C(C)(C)C)c1. The molecule has 1 rings (SSSR count). The molecule has 0 spiro atoms. The molecule has 1 atom stereocenters. The molecule has 0 radical (unpaired) electrons. The summed E-state index contributed by atoms with van der Waals surface area (Å²) in [5.74, 6) is 0. The van der Waals surface area contributed by atoms with Crippen molar-refractivity contribution in [1.29, 1.82) is 0 Å². The topological polar surface area (TPSA) is 26.0 Å². The van der Waals surface area contributed by atoms with Gasteiger partial charge in [-0.2, -0.15) is 0 Å². The predicted molar refractivity (Wildman–Crippen MR) is 85.7 cm³/mol. The van der Waals surface area contributed by atoms with E-state index in [-0.39, 0.29) is 16.9 Å². The molecule has 108 valence electrons. The fraction of sp³-hybridized carbons (Fsp3) is 0.667. The molecule has 0 aromatic heterocycles. The molecule has 1 nitrogen and oxygen atoms in total. The van der Waals surface area contributed by atoms with Crippen LogP contribution in [0.25, 0.3) is 0 Å². The highest BCUT2D eigenvalue weighted by molar-refractivity contribution is 5.38. The summed E-state index contributed by atoms with van der Waals surface area (Å²) >= 11 is 0. The molecule has 1 heteroatoms. The average Bonchev–Trinajstić information content (AvgIpc) is 2.26. The molecule has 0 aliphatic rings. The summed E-state index contributed by atoms with van der Waals surface area (Å²) in [4.78, 5) is 0. The van der Waals surface area contributed by atoms with Gasteiger partial charge in [-0.25, -0.2) is 0 Å². The van der Waals surface area contributed by atoms with Crippen LogP contribution >= 0.6 is 0 Å². The maximum Gasteiger partial charge on any atom is 0.0294 e. The molecule has 0 saturated carbocycles. The van der Waals surface area contributed by atoms with E-state index in [9.17, 15) is 0 Å². The third-order valence-corrected chi connectivity index (χ3v) is 3.72. The van der Waals surface area contributed by atoms with Crippen LogP contribution in [-0.2, 0) is 10.8 Å². The molecule has 19 heavy (non-hydrogen) atoms. The van der Waals surface area contributed by atoms with Crippen LogP contribution in [0, 0.1) is 0 Å². The van der Waals surface area contributed by atoms with Crippen LogP contribution in [0.5, 0.6) is 0 Å². The van der Waals surface area contributed by atoms with Crippen LogP contribution in [-0.4, -0.2) is 0 Å². The molecular formula is C18H31N. The van der Waals surface area contributed by atoms with Gasteiger partial charge in [0, 0.05) is 6.04 Å². The maximum absolute atomic E-state index is 6.33. The zero-order valence-electron chi connectivity index (χ0n) is 13.8. The lowest BCUT2D eigenvalue weighted by molar-refractivity contribution is 0.560. The van der Waals surface area contributed by atoms with Gasteiger partial charge in [-0.05, 0) is 33.9 Å². The zero-order valence-corrected chi connectivity index (χ0v) is 13.8. The fourth-order valence-electron chi connectivity index (χ4n) is 2.21. The minimum atomic E-state index is 0.161. The van der Waals surface area contributed by atoms with Gasteiger partial charge in [0.25, 0.3) is 0 Å². The zero-order chi connectivity index (χ0) is 14.8. The lowest BCUT2D eigenvalue weighted by Crippen LogP contribution is -2.19. The first kappa shape index (κ1) is 16.2. The third kappa shape index (κ3) is 4.35. The Hall–Kier alpha value is -0.820. The molecule has 0 aliphatic carbocycles. The molecular weight excluding hydrogens is 230 g/mol. The number of nitrogens with two attached hydrogens (primary N) is 1. The second-order valence-corrected chi connectivity index (χ2v) is 7.74. The summed E-state index contributed by atoms with van der Waals surface area (Å²) in [5.41, 5.74) is 10.7. The fourth-order valence-corrected chi connectivity index (χ4v) is 2.21. The van der Waals surface area contributed by atoms with Gasteiger partial charge in [-0.3, -0.25) is 0 Å². The van der Waals surface area contributed by atoms with Gasteiger partial charge in [-0.15, -0.1) is 0 Å². The van der Waals surface area contributed by atoms with Crippen LogP contribution in [0.15, 0.2) is 18.2 Å². The van der Waals surface area contributed by atoms with Gasteiger partial charge < -0.3 is 5.73 Å². The van der Waals surface area contributed by atoms with E-state index in [1.807, 2.05) is 0 Å². The van der Waals surface area contributed by atoms with Crippen LogP contribution in [0.4, 0.5) is 0 Å². The van der Waals surface area contributed by atoms with Crippen LogP contribution < -0.4 is 5.73 Å². The van der Waals surface area contributed by atoms with Crippen molar-refractivity contribution in [3.05, 3.63) is 34.9 Å². The molecule has 0 saturated heterocycles. The van der Waals surface area contributed by atoms with Crippen LogP contribution in [0.1, 0.15) is 84.0 Å². The van der Waals surface area contributed by atoms with E-state index >= 15 is 0 Å². The van der Waals surface area contributed by atoms with E-state index in [0.29, 0.717) is 0 Å². The summed E-state index contributed by atoms with van der Waals surface area (Å²) in [6, 6.07) is 7.11. The van der Waals surface area contributed by atoms with Crippen LogP contribution in [0.2, 0.25) is 0 Å². The maximum atomic E-state index is 6.33. The Morgan fingerprint density at radius 1 is 0.895 bits per heavy atom. The Kier molecular flexibility index (Phi) is 4.84. The highest BCUT2D eigenvalue weighted by Crippen LogP contribution is 2.32. The van der Waals surface area contributed by atoms with Gasteiger partial charge in [0.15, 0.2) is 0 Å². The normalized spacial score (nSPS) is 14.5. The van der Waals surface area contributed by atoms with Crippen molar-refractivity contribution in [2.45, 2.75) is 78.2 Å². The Morgan fingerprint density at radius 3 is 1.63 bits per heavy atom. The summed E-state index contributed by atoms with van der Waals surface area (Å²) in [5, 5.41) is 0. The first-order chi connectivity index (χ1) is 8.55. The number of rotatable bonds is 3. The molecule has 1 unspecified atom stereocenters. The lowest BCUT2D eigenvalue weighted by atomic mass is 9.78. The molecule has 0 fully saturated rings. The van der Waals surface area contributed by atoms with Crippen molar-refractivity contribution in [3.8, 4) is 0 Å². The van der Waals surface area contributed by atoms with Gasteiger partial charge in [0.2, 0.25) is 0 Å². The van der Waals surface area contributed by atoms with Crippen molar-refractivity contribution in [2.75, 3.05) is 0 Å². The summed E-state index contributed by atoms with van der Waals surface area (Å²) in [7, 11) is 0. The number of benzene rings is 1. The predicted octanol–water partition coefficient (Wildman–Crippen LogP) is 5.08. The van der Waals surface area contributed by atoms with Crippen molar-refractivity contribution in [3.63, 3.8) is 0 Å². The second kappa shape index (κ2) is 5.66. The van der Waals surface area contributed by atoms with E-state index in [1.54, 1.807) is 0 Å². The molecule has 2 N–H and O–H groups in total. The third-order valence-electron chi connectivity index (χ3n) is 3.72. The molecule has 0 aliphatic heterocycles. The molecule has 1 aromatic carbocycles. The largest absolute Gasteiger partial charge is 0.324 e. The quantitative estimate of drug-likeness (QED) is 0.806. The average molecular weight is 261 g/mol. The van der Waals surface area contributed by atoms with Crippen molar-refractivity contribution in [2.24, 2.45) is 5.73 Å². The second-order valence-electron chi connectivity index (χ2n) is 7.74. The van der Waals surface area contributed by atoms with E-state index in [1.165, 1.54) is 16.7 Å². The van der Waals surface area contributed by atoms with E-state index in [2.05, 4.69) is 66.7 Å². The van der Waals surface area contributed by atoms with Crippen LogP contribution in [0.3, 0.4) is 0 Å². The highest BCUT2D eigenvalue weighted by Gasteiger charge is 2.21. The Labute approximate surface area is 119 Å². The van der Waals surface area contributed by atoms with Crippen molar-refractivity contribution in [1.82, 2.24) is 0 Å². The van der Waals surface area contributed by atoms with E-state index in [0.717, 1.165) is 12.8 Å². The van der Waals surface area contributed by atoms with E-state index in [4.69, 9.17) is 5.73 Å². The first-order valence-electron chi connectivity index (χ1n) is 7.47. The summed E-state index contributed by atoms with van der Waals surface area (Å²) in [6.45, 7) is 15.8. The highest BCUT2D eigenvalue weighted by atomic mass is 14.6. The molecule has 0 bridgehead atoms. The Bertz CT molecular complexity index is 386. The van der Waals surface area contributed by atoms with Gasteiger partial charge in [0.1, 0.15) is 0 Å². The number of hydrogen-bond donors (Lipinski definition) is 1. The first-order valence-corrected chi connectivity index (χ1v) is 7.47. The Balaban J connectivity index is 3.33. The monoisotopic (exact) mass is 261 g/mol. The standard InChI is InChI=1S/C18H31N/c1-8-9-16(19)13-10-14(17(2,3)4)12-15(11-13)18(5,6)7/h10-12,16H,8-9,19H2,1-7H3. The Morgan fingerprint density at radius 2 is 1.32 bits per heavy atom. The van der Waals surface area contributed by atoms with Crippen molar-refractivity contribution < 1.29 is 0 Å². The molecule has 1 aromatic rings. The smallest absolute Gasteiger partial charge is 0.0294 e. The minimum Gasteiger partial charge on any atom is -0.324 e.